The number of rotatable bonds is 4. The summed E-state index contributed by atoms with van der Waals surface area (Å²) in [4.78, 5) is 17.0. The van der Waals surface area contributed by atoms with Crippen molar-refractivity contribution in [2.75, 3.05) is 6.26 Å². The van der Waals surface area contributed by atoms with E-state index in [2.05, 4.69) is 10.3 Å². The second-order valence-corrected chi connectivity index (χ2v) is 4.65. The Morgan fingerprint density at radius 2 is 1.83 bits per heavy atom. The van der Waals surface area contributed by atoms with Crippen LogP contribution in [0.2, 0.25) is 0 Å². The third kappa shape index (κ3) is 3.34. The van der Waals surface area contributed by atoms with Crippen LogP contribution in [0.4, 0.5) is 0 Å². The number of amides is 1. The number of nitrogens with one attached hydrogen (secondary N) is 1. The number of aromatic nitrogens is 1. The third-order valence-corrected chi connectivity index (χ3v) is 3.30. The van der Waals surface area contributed by atoms with E-state index in [0.717, 1.165) is 10.5 Å². The summed E-state index contributed by atoms with van der Waals surface area (Å²) in [5, 5.41) is 2.88. The van der Waals surface area contributed by atoms with Crippen molar-refractivity contribution in [1.82, 2.24) is 10.3 Å². The molecule has 1 aromatic heterocycles. The zero-order chi connectivity index (χ0) is 12.8. The molecule has 2 rings (SSSR count). The average molecular weight is 258 g/mol. The highest BCUT2D eigenvalue weighted by atomic mass is 32.2. The molecule has 2 aromatic rings. The first-order valence-electron chi connectivity index (χ1n) is 5.61. The highest BCUT2D eigenvalue weighted by Gasteiger charge is 2.04. The molecule has 0 radical (unpaired) electrons. The zero-order valence-corrected chi connectivity index (χ0v) is 10.9. The molecule has 0 aliphatic carbocycles. The minimum Gasteiger partial charge on any atom is -0.348 e. The molecule has 0 aliphatic heterocycles. The van der Waals surface area contributed by atoms with Gasteiger partial charge in [0.2, 0.25) is 0 Å². The van der Waals surface area contributed by atoms with E-state index < -0.39 is 0 Å². The largest absolute Gasteiger partial charge is 0.348 e. The molecule has 0 unspecified atom stereocenters. The number of thioether (sulfide) groups is 1. The van der Waals surface area contributed by atoms with Crippen LogP contribution in [0.25, 0.3) is 0 Å². The predicted octanol–water partition coefficient (Wildman–Crippen LogP) is 2.73. The molecule has 0 saturated carbocycles. The number of pyridine rings is 1. The Balaban J connectivity index is 1.95. The number of nitrogens with zero attached hydrogens (tertiary/aromatic N) is 1. The van der Waals surface area contributed by atoms with Crippen molar-refractivity contribution in [2.45, 2.75) is 11.4 Å². The minimum absolute atomic E-state index is 0.0561. The lowest BCUT2D eigenvalue weighted by Gasteiger charge is -2.05. The van der Waals surface area contributed by atoms with Crippen LogP contribution in [0.5, 0.6) is 0 Å². The summed E-state index contributed by atoms with van der Waals surface area (Å²) in [6.45, 7) is 0.519. The molecular weight excluding hydrogens is 244 g/mol. The normalized spacial score (nSPS) is 10.1. The number of hydrogen-bond donors (Lipinski definition) is 1. The van der Waals surface area contributed by atoms with Gasteiger partial charge in [-0.15, -0.1) is 11.8 Å². The van der Waals surface area contributed by atoms with Gasteiger partial charge in [0.15, 0.2) is 0 Å². The van der Waals surface area contributed by atoms with Crippen LogP contribution in [-0.2, 0) is 6.54 Å². The quantitative estimate of drug-likeness (QED) is 0.857. The molecule has 4 heteroatoms. The van der Waals surface area contributed by atoms with E-state index in [1.807, 2.05) is 42.7 Å². The van der Waals surface area contributed by atoms with E-state index in [1.165, 1.54) is 0 Å². The van der Waals surface area contributed by atoms with E-state index in [9.17, 15) is 4.79 Å². The predicted molar refractivity (Wildman–Crippen MR) is 73.6 cm³/mol. The van der Waals surface area contributed by atoms with E-state index >= 15 is 0 Å². The number of carbonyl (C=O) groups excluding carboxylic acids is 1. The number of hydrogen-bond acceptors (Lipinski definition) is 3. The highest BCUT2D eigenvalue weighted by molar-refractivity contribution is 7.98. The number of benzene rings is 1. The first-order chi connectivity index (χ1) is 8.79. The zero-order valence-electron chi connectivity index (χ0n) is 10.1. The first-order valence-corrected chi connectivity index (χ1v) is 6.83. The van der Waals surface area contributed by atoms with Gasteiger partial charge >= 0.3 is 0 Å². The Labute approximate surface area is 111 Å². The Hall–Kier alpha value is -1.81. The molecule has 0 aliphatic rings. The molecule has 92 valence electrons. The highest BCUT2D eigenvalue weighted by Crippen LogP contribution is 2.14. The molecule has 0 saturated heterocycles. The fourth-order valence-corrected chi connectivity index (χ4v) is 1.94. The number of carbonyl (C=O) groups is 1. The van der Waals surface area contributed by atoms with Gasteiger partial charge in [-0.1, -0.05) is 0 Å². The van der Waals surface area contributed by atoms with Crippen LogP contribution in [0.15, 0.2) is 53.7 Å². The van der Waals surface area contributed by atoms with Crippen molar-refractivity contribution in [3.63, 3.8) is 0 Å². The fraction of sp³-hybridized carbons (Fsp3) is 0.143. The van der Waals surface area contributed by atoms with Gasteiger partial charge in [-0.05, 0) is 48.2 Å². The topological polar surface area (TPSA) is 42.0 Å². The SMILES string of the molecule is CSc1ccc(C(=O)NCc2ccncc2)cc1. The summed E-state index contributed by atoms with van der Waals surface area (Å²) >= 11 is 1.66. The van der Waals surface area contributed by atoms with Gasteiger partial charge in [0.25, 0.3) is 5.91 Å². The monoisotopic (exact) mass is 258 g/mol. The molecule has 0 atom stereocenters. The van der Waals surface area contributed by atoms with Gasteiger partial charge < -0.3 is 5.32 Å². The van der Waals surface area contributed by atoms with Crippen molar-refractivity contribution in [1.29, 1.82) is 0 Å². The van der Waals surface area contributed by atoms with Gasteiger partial charge in [0, 0.05) is 29.4 Å². The second-order valence-electron chi connectivity index (χ2n) is 3.77. The van der Waals surface area contributed by atoms with Crippen molar-refractivity contribution >= 4 is 17.7 Å². The molecule has 3 nitrogen and oxygen atoms in total. The molecule has 1 aromatic carbocycles. The summed E-state index contributed by atoms with van der Waals surface area (Å²) in [6.07, 6.45) is 5.45. The summed E-state index contributed by atoms with van der Waals surface area (Å²) in [6, 6.07) is 11.4. The van der Waals surface area contributed by atoms with Gasteiger partial charge in [0.1, 0.15) is 0 Å². The Morgan fingerprint density at radius 1 is 1.17 bits per heavy atom. The van der Waals surface area contributed by atoms with E-state index in [-0.39, 0.29) is 5.91 Å². The lowest BCUT2D eigenvalue weighted by Crippen LogP contribution is -2.22. The van der Waals surface area contributed by atoms with E-state index in [0.29, 0.717) is 12.1 Å². The van der Waals surface area contributed by atoms with Crippen LogP contribution in [0, 0.1) is 0 Å². The molecule has 0 bridgehead atoms. The van der Waals surface area contributed by atoms with E-state index in [1.54, 1.807) is 24.2 Å². The van der Waals surface area contributed by atoms with Crippen molar-refractivity contribution in [2.24, 2.45) is 0 Å². The maximum Gasteiger partial charge on any atom is 0.251 e. The lowest BCUT2D eigenvalue weighted by atomic mass is 10.2. The van der Waals surface area contributed by atoms with Gasteiger partial charge in [-0.2, -0.15) is 0 Å². The summed E-state index contributed by atoms with van der Waals surface area (Å²) in [5.74, 6) is -0.0561. The van der Waals surface area contributed by atoms with E-state index in [4.69, 9.17) is 0 Å². The van der Waals surface area contributed by atoms with Gasteiger partial charge in [-0.3, -0.25) is 9.78 Å². The molecular formula is C14H14N2OS. The molecule has 1 amide bonds. The smallest absolute Gasteiger partial charge is 0.251 e. The Morgan fingerprint density at radius 3 is 2.44 bits per heavy atom. The molecule has 0 spiro atoms. The van der Waals surface area contributed by atoms with Crippen LogP contribution in [-0.4, -0.2) is 17.1 Å². The van der Waals surface area contributed by atoms with Crippen LogP contribution in [0.1, 0.15) is 15.9 Å². The summed E-state index contributed by atoms with van der Waals surface area (Å²) < 4.78 is 0. The van der Waals surface area contributed by atoms with Crippen LogP contribution < -0.4 is 5.32 Å². The lowest BCUT2D eigenvalue weighted by molar-refractivity contribution is 0.0951. The minimum atomic E-state index is -0.0561. The van der Waals surface area contributed by atoms with Crippen molar-refractivity contribution in [3.05, 3.63) is 59.9 Å². The summed E-state index contributed by atoms with van der Waals surface area (Å²) in [5.41, 5.74) is 1.72. The van der Waals surface area contributed by atoms with Crippen LogP contribution in [0.3, 0.4) is 0 Å². The Kier molecular flexibility index (Phi) is 4.36. The molecule has 1 N–H and O–H groups in total. The third-order valence-electron chi connectivity index (χ3n) is 2.55. The van der Waals surface area contributed by atoms with Crippen molar-refractivity contribution < 1.29 is 4.79 Å². The molecule has 0 fully saturated rings. The van der Waals surface area contributed by atoms with Gasteiger partial charge in [0.05, 0.1) is 0 Å². The first kappa shape index (κ1) is 12.6. The standard InChI is InChI=1S/C14H14N2OS/c1-18-13-4-2-12(3-5-13)14(17)16-10-11-6-8-15-9-7-11/h2-9H,10H2,1H3,(H,16,17). The molecule has 18 heavy (non-hydrogen) atoms. The van der Waals surface area contributed by atoms with Gasteiger partial charge in [-0.25, -0.2) is 0 Å². The van der Waals surface area contributed by atoms with Crippen LogP contribution >= 0.6 is 11.8 Å². The maximum absolute atomic E-state index is 11.9. The fourth-order valence-electron chi connectivity index (χ4n) is 1.53. The van der Waals surface area contributed by atoms with Crippen molar-refractivity contribution in [3.8, 4) is 0 Å². The average Bonchev–Trinajstić information content (AvgIpc) is 2.46. The Bertz CT molecular complexity index is 511. The maximum atomic E-state index is 11.9. The summed E-state index contributed by atoms with van der Waals surface area (Å²) in [7, 11) is 0. The molecule has 1 heterocycles. The second kappa shape index (κ2) is 6.21.